The van der Waals surface area contributed by atoms with Crippen molar-refractivity contribution in [3.8, 4) is 0 Å². The summed E-state index contributed by atoms with van der Waals surface area (Å²) in [4.78, 5) is 0. The van der Waals surface area contributed by atoms with E-state index in [1.807, 2.05) is 7.05 Å². The molecule has 0 bridgehead atoms. The van der Waals surface area contributed by atoms with Crippen LogP contribution < -0.4 is 5.32 Å². The Morgan fingerprint density at radius 1 is 0.897 bits per heavy atom. The molecule has 2 nitrogen and oxygen atoms in total. The fourth-order valence-corrected chi connectivity index (χ4v) is 3.73. The molecular formula is C27H45NO. The summed E-state index contributed by atoms with van der Waals surface area (Å²) in [5.74, 6) is 2.02. The minimum Gasteiger partial charge on any atom is -0.493 e. The molecule has 2 aliphatic rings. The van der Waals surface area contributed by atoms with E-state index in [0.29, 0.717) is 0 Å². The molecule has 2 heteroatoms. The van der Waals surface area contributed by atoms with Crippen LogP contribution in [0.3, 0.4) is 0 Å². The Bertz CT molecular complexity index is 561. The standard InChI is InChI=1S/C20H29NO.C7H16/c1-21-14-3-2-4-15-22-20(18-6-5-7-18)19-12-10-17(11-13-19)16-8-9-16;1-3-5-7-6-4-2/h10-13,16,21H,2-9,14-15H2,1H3;3-7H2,1-2H3. The summed E-state index contributed by atoms with van der Waals surface area (Å²) in [6.45, 7) is 6.45. The molecule has 29 heavy (non-hydrogen) atoms. The van der Waals surface area contributed by atoms with Gasteiger partial charge < -0.3 is 10.1 Å². The summed E-state index contributed by atoms with van der Waals surface area (Å²) in [6, 6.07) is 9.16. The lowest BCUT2D eigenvalue weighted by atomic mass is 9.89. The molecule has 0 saturated heterocycles. The zero-order valence-electron chi connectivity index (χ0n) is 19.4. The van der Waals surface area contributed by atoms with Gasteiger partial charge in [-0.15, -0.1) is 0 Å². The van der Waals surface area contributed by atoms with Gasteiger partial charge in [0.2, 0.25) is 0 Å². The molecule has 0 unspecified atom stereocenters. The lowest BCUT2D eigenvalue weighted by molar-refractivity contribution is 0.261. The highest BCUT2D eigenvalue weighted by Crippen LogP contribution is 2.41. The molecule has 1 N–H and O–H groups in total. The van der Waals surface area contributed by atoms with Gasteiger partial charge in [0, 0.05) is 5.56 Å². The van der Waals surface area contributed by atoms with E-state index >= 15 is 0 Å². The van der Waals surface area contributed by atoms with Crippen molar-refractivity contribution < 1.29 is 4.74 Å². The van der Waals surface area contributed by atoms with Crippen molar-refractivity contribution in [1.29, 1.82) is 0 Å². The Labute approximate surface area is 180 Å². The van der Waals surface area contributed by atoms with Crippen molar-refractivity contribution in [3.05, 3.63) is 41.0 Å². The minimum atomic E-state index is 0.835. The fourth-order valence-electron chi connectivity index (χ4n) is 3.73. The summed E-state index contributed by atoms with van der Waals surface area (Å²) in [6.07, 6.45) is 17.1. The van der Waals surface area contributed by atoms with Gasteiger partial charge in [-0.1, -0.05) is 70.2 Å². The molecule has 0 aromatic heterocycles. The second-order valence-electron chi connectivity index (χ2n) is 8.76. The van der Waals surface area contributed by atoms with E-state index in [2.05, 4.69) is 43.4 Å². The maximum absolute atomic E-state index is 6.19. The predicted molar refractivity (Wildman–Crippen MR) is 127 cm³/mol. The molecule has 2 saturated carbocycles. The van der Waals surface area contributed by atoms with Crippen molar-refractivity contribution >= 4 is 5.76 Å². The Morgan fingerprint density at radius 3 is 2.07 bits per heavy atom. The molecule has 0 amide bonds. The van der Waals surface area contributed by atoms with Gasteiger partial charge in [0.25, 0.3) is 0 Å². The largest absolute Gasteiger partial charge is 0.493 e. The molecule has 0 spiro atoms. The predicted octanol–water partition coefficient (Wildman–Crippen LogP) is 7.84. The molecule has 3 rings (SSSR count). The number of unbranched alkanes of at least 4 members (excludes halogenated alkanes) is 6. The second kappa shape index (κ2) is 14.7. The molecule has 2 aliphatic carbocycles. The van der Waals surface area contributed by atoms with Crippen LogP contribution in [0.25, 0.3) is 5.76 Å². The first kappa shape index (κ1) is 24.0. The first-order chi connectivity index (χ1) is 14.3. The molecule has 0 atom stereocenters. The molecule has 0 radical (unpaired) electrons. The average molecular weight is 400 g/mol. The highest BCUT2D eigenvalue weighted by atomic mass is 16.5. The second-order valence-corrected chi connectivity index (χ2v) is 8.76. The van der Waals surface area contributed by atoms with Crippen LogP contribution in [0.1, 0.15) is 114 Å². The third-order valence-corrected chi connectivity index (χ3v) is 6.02. The van der Waals surface area contributed by atoms with Crippen molar-refractivity contribution in [2.24, 2.45) is 0 Å². The first-order valence-electron chi connectivity index (χ1n) is 12.4. The third kappa shape index (κ3) is 9.38. The number of nitrogens with one attached hydrogen (secondary N) is 1. The Balaban J connectivity index is 0.000000370. The highest BCUT2D eigenvalue weighted by molar-refractivity contribution is 5.64. The lowest BCUT2D eigenvalue weighted by Gasteiger charge is -2.23. The van der Waals surface area contributed by atoms with Gasteiger partial charge in [-0.2, -0.15) is 0 Å². The lowest BCUT2D eigenvalue weighted by Crippen LogP contribution is -2.08. The first-order valence-corrected chi connectivity index (χ1v) is 12.4. The number of ether oxygens (including phenoxy) is 1. The summed E-state index contributed by atoms with van der Waals surface area (Å²) in [5, 5.41) is 3.20. The van der Waals surface area contributed by atoms with Crippen LogP contribution in [0.4, 0.5) is 0 Å². The van der Waals surface area contributed by atoms with Crippen LogP contribution in [0.15, 0.2) is 29.8 Å². The number of allylic oxidation sites excluding steroid dienone is 1. The van der Waals surface area contributed by atoms with Gasteiger partial charge in [-0.25, -0.2) is 0 Å². The van der Waals surface area contributed by atoms with E-state index < -0.39 is 0 Å². The van der Waals surface area contributed by atoms with Gasteiger partial charge in [0.05, 0.1) is 6.61 Å². The monoisotopic (exact) mass is 399 g/mol. The highest BCUT2D eigenvalue weighted by Gasteiger charge is 2.23. The Morgan fingerprint density at radius 2 is 1.55 bits per heavy atom. The minimum absolute atomic E-state index is 0.835. The van der Waals surface area contributed by atoms with Crippen molar-refractivity contribution in [2.75, 3.05) is 20.2 Å². The maximum atomic E-state index is 6.19. The molecule has 164 valence electrons. The number of hydrogen-bond acceptors (Lipinski definition) is 2. The normalized spacial score (nSPS) is 15.3. The van der Waals surface area contributed by atoms with Crippen LogP contribution in [-0.4, -0.2) is 20.2 Å². The summed E-state index contributed by atoms with van der Waals surface area (Å²) in [5.41, 5.74) is 4.32. The van der Waals surface area contributed by atoms with Gasteiger partial charge in [0.1, 0.15) is 5.76 Å². The Kier molecular flexibility index (Phi) is 12.1. The molecule has 1 aromatic carbocycles. The van der Waals surface area contributed by atoms with Crippen molar-refractivity contribution in [3.63, 3.8) is 0 Å². The SMILES string of the molecule is CCCCCCC.CNCCCCCOC(=C1CCC1)c1ccc(C2CC2)cc1. The Hall–Kier alpha value is -1.28. The van der Waals surface area contributed by atoms with E-state index in [4.69, 9.17) is 4.74 Å². The number of hydrogen-bond donors (Lipinski definition) is 1. The summed E-state index contributed by atoms with van der Waals surface area (Å²) < 4.78 is 6.19. The zero-order valence-corrected chi connectivity index (χ0v) is 19.4. The van der Waals surface area contributed by atoms with Crippen LogP contribution in [0.2, 0.25) is 0 Å². The smallest absolute Gasteiger partial charge is 0.125 e. The maximum Gasteiger partial charge on any atom is 0.125 e. The molecule has 1 aromatic rings. The van der Waals surface area contributed by atoms with E-state index in [1.165, 1.54) is 99.5 Å². The van der Waals surface area contributed by atoms with E-state index in [9.17, 15) is 0 Å². The van der Waals surface area contributed by atoms with Crippen molar-refractivity contribution in [2.45, 2.75) is 103 Å². The van der Waals surface area contributed by atoms with Crippen LogP contribution in [0, 0.1) is 0 Å². The third-order valence-electron chi connectivity index (χ3n) is 6.02. The van der Waals surface area contributed by atoms with Crippen LogP contribution in [-0.2, 0) is 4.74 Å². The zero-order chi connectivity index (χ0) is 20.7. The van der Waals surface area contributed by atoms with Crippen molar-refractivity contribution in [1.82, 2.24) is 5.32 Å². The van der Waals surface area contributed by atoms with E-state index in [0.717, 1.165) is 25.5 Å². The van der Waals surface area contributed by atoms with Gasteiger partial charge >= 0.3 is 0 Å². The van der Waals surface area contributed by atoms with E-state index in [-0.39, 0.29) is 0 Å². The quantitative estimate of drug-likeness (QED) is 0.269. The van der Waals surface area contributed by atoms with Gasteiger partial charge in [-0.3, -0.25) is 0 Å². The number of rotatable bonds is 13. The molecule has 0 heterocycles. The van der Waals surface area contributed by atoms with Crippen LogP contribution in [0.5, 0.6) is 0 Å². The molecule has 0 aliphatic heterocycles. The van der Waals surface area contributed by atoms with Crippen LogP contribution >= 0.6 is 0 Å². The average Bonchev–Trinajstić information content (AvgIpc) is 3.55. The topological polar surface area (TPSA) is 21.3 Å². The van der Waals surface area contributed by atoms with Gasteiger partial charge in [0.15, 0.2) is 0 Å². The molecule has 2 fully saturated rings. The van der Waals surface area contributed by atoms with Gasteiger partial charge in [-0.05, 0) is 82.0 Å². The molecular weight excluding hydrogens is 354 g/mol. The number of benzene rings is 1. The summed E-state index contributed by atoms with van der Waals surface area (Å²) in [7, 11) is 2.01. The summed E-state index contributed by atoms with van der Waals surface area (Å²) >= 11 is 0. The fraction of sp³-hybridized carbons (Fsp3) is 0.704. The van der Waals surface area contributed by atoms with E-state index in [1.54, 1.807) is 0 Å².